The monoisotopic (exact) mass is 2640 g/mol. The Bertz CT molecular complexity index is 7640. The predicted octanol–water partition coefficient (Wildman–Crippen LogP) is 24.3. The summed E-state index contributed by atoms with van der Waals surface area (Å²) >= 11 is 0. The van der Waals surface area contributed by atoms with E-state index in [1.807, 2.05) is 229 Å². The molecule has 7 aromatic carbocycles. The number of nitrogens with zero attached hydrogens (tertiary/aromatic N) is 24. The van der Waals surface area contributed by atoms with Crippen LogP contribution < -0.4 is 53.2 Å². The SMILES string of the molecule is CC(C)c1cc(Oc2[c-]c3c(cnn3-c3cc(C(C)(C)C)ccn3)nc2)[c-]c(N2C=CN(C)[CH-]2)c1.CC(C)c1ccnc(-n2ncc3ncc(Oc4[c-]c(N5[CH-]N(C)c6ccccc65)ccc4)[c-]c32)c1.CC(C)c1ccnc(-n2ncc3ncc(Oc4[c-]c(N5[CH-]N(C)c6ccccc65)ccc4)[c-]c32)c1.CN1[CH-]N(c2[c-]c(Oc3[c-]c4c(cnn4-c4cc(C(C)(C)C)ccn4)nc3)ccc2)c2ccccc21.[Pt].[Pt].[Pt].[Pt]. The van der Waals surface area contributed by atoms with Crippen molar-refractivity contribution in [3.63, 3.8) is 0 Å². The number of aromatic nitrogens is 16. The van der Waals surface area contributed by atoms with Gasteiger partial charge in [0.25, 0.3) is 0 Å². The molecular weight excluding hydrogens is 2540 g/mol. The second-order valence-electron chi connectivity index (χ2n) is 37.3. The molecule has 0 spiro atoms. The number of hydrogen-bond acceptors (Lipinski definition) is 24. The Hall–Kier alpha value is -14.3. The number of hydrogen-bond donors (Lipinski definition) is 0. The molecule has 0 amide bonds. The molecule has 0 unspecified atom stereocenters. The summed E-state index contributed by atoms with van der Waals surface area (Å²) in [4.78, 5) is 52.7. The molecule has 0 aliphatic carbocycles. The summed E-state index contributed by atoms with van der Waals surface area (Å²) in [5.74, 6) is 8.27. The van der Waals surface area contributed by atoms with Gasteiger partial charge in [0.15, 0.2) is 23.3 Å². The smallest absolute Gasteiger partial charge is 0.151 e. The third-order valence-electron chi connectivity index (χ3n) is 24.1. The average molecular weight is 2640 g/mol. The van der Waals surface area contributed by atoms with E-state index in [9.17, 15) is 0 Å². The quantitative estimate of drug-likeness (QED) is 0.0684. The Kier molecular flexibility index (Phi) is 31.5. The maximum absolute atomic E-state index is 6.23. The van der Waals surface area contributed by atoms with Crippen molar-refractivity contribution in [3.8, 4) is 69.3 Å². The van der Waals surface area contributed by atoms with E-state index in [4.69, 9.17) is 18.9 Å². The number of para-hydroxylation sites is 6. The van der Waals surface area contributed by atoms with Gasteiger partial charge in [-0.15, -0.1) is 125 Å². The average Bonchev–Trinajstić information content (AvgIpc) is 1.70. The van der Waals surface area contributed by atoms with Gasteiger partial charge in [0.1, 0.15) is 0 Å². The number of fused-ring (bicyclic) bond motifs is 7. The van der Waals surface area contributed by atoms with Crippen LogP contribution in [0, 0.1) is 75.2 Å². The van der Waals surface area contributed by atoms with Crippen LogP contribution in [0.4, 0.5) is 56.9 Å². The first-order valence-corrected chi connectivity index (χ1v) is 46.4. The van der Waals surface area contributed by atoms with Crippen LogP contribution in [0.3, 0.4) is 0 Å². The number of rotatable bonds is 19. The van der Waals surface area contributed by atoms with Crippen LogP contribution in [0.15, 0.2) is 275 Å². The first-order chi connectivity index (χ1) is 68.2. The normalized spacial score (nSPS) is 13.0. The summed E-state index contributed by atoms with van der Waals surface area (Å²) in [6.07, 6.45) is 24.7. The summed E-state index contributed by atoms with van der Waals surface area (Å²) in [7, 11) is 8.09. The van der Waals surface area contributed by atoms with Crippen LogP contribution in [0.25, 0.3) is 67.4 Å². The van der Waals surface area contributed by atoms with Gasteiger partial charge in [-0.25, -0.2) is 38.7 Å². The maximum atomic E-state index is 6.23. The molecule has 4 aliphatic rings. The van der Waals surface area contributed by atoms with Crippen LogP contribution in [-0.4, -0.2) is 112 Å². The van der Waals surface area contributed by atoms with Gasteiger partial charge in [-0.1, -0.05) is 119 Å². The minimum absolute atomic E-state index is 0. The minimum atomic E-state index is -0.000174. The van der Waals surface area contributed by atoms with Crippen LogP contribution in [-0.2, 0) is 95.1 Å². The molecule has 16 heterocycles. The number of pyridine rings is 8. The molecule has 28 nitrogen and oxygen atoms in total. The Morgan fingerprint density at radius 2 is 0.579 bits per heavy atom. The van der Waals surface area contributed by atoms with Crippen molar-refractivity contribution in [3.05, 3.63) is 378 Å². The van der Waals surface area contributed by atoms with Gasteiger partial charge in [-0.2, -0.15) is 65.3 Å². The molecule has 19 aromatic rings. The zero-order valence-electron chi connectivity index (χ0n) is 82.2. The van der Waals surface area contributed by atoms with Gasteiger partial charge >= 0.3 is 0 Å². The molecule has 12 aromatic heterocycles. The van der Waals surface area contributed by atoms with Crippen molar-refractivity contribution >= 4 is 101 Å². The van der Waals surface area contributed by atoms with E-state index >= 15 is 0 Å². The van der Waals surface area contributed by atoms with Gasteiger partial charge < -0.3 is 78.1 Å². The van der Waals surface area contributed by atoms with Crippen molar-refractivity contribution in [1.82, 2.24) is 83.9 Å². The second kappa shape index (κ2) is 44.1. The largest absolute Gasteiger partial charge is 0.510 e. The van der Waals surface area contributed by atoms with Crippen LogP contribution in [0.2, 0.25) is 0 Å². The van der Waals surface area contributed by atoms with E-state index in [2.05, 4.69) is 270 Å². The molecule has 0 saturated carbocycles. The molecule has 0 N–H and O–H groups in total. The minimum Gasteiger partial charge on any atom is -0.510 e. The molecular formula is C113H100N24O4Pt4-12. The van der Waals surface area contributed by atoms with Crippen molar-refractivity contribution in [2.24, 2.45) is 0 Å². The fraction of sp³-hybridized carbons (Fsp3) is 0.186. The Morgan fingerprint density at radius 1 is 0.276 bits per heavy atom. The first kappa shape index (κ1) is 104. The maximum Gasteiger partial charge on any atom is 0.151 e. The molecule has 23 rings (SSSR count). The zero-order chi connectivity index (χ0) is 97.5. The Morgan fingerprint density at radius 3 is 0.890 bits per heavy atom. The summed E-state index contributed by atoms with van der Waals surface area (Å²) < 4.78 is 31.6. The summed E-state index contributed by atoms with van der Waals surface area (Å²) in [6, 6.07) is 89.4. The standard InChI is InChI=1S/C29H25N6O.2C28H23N6O.C28H29N6O.4Pt/c1-29(2,3)20-12-13-30-28(14-20)35-27-16-23(17-31-24(27)18-32-35)36-22-9-7-8-21(15-22)34-19-33(4)25-10-5-6-11-26(25)34;2*1-19(2)20-11-12-29-28(13-20)34-27-15-23(16-30-24(27)17-31-34)35-22-8-6-7-21(14-22)33-18-32(3)25-9-4-5-10-26(25)33;1-19(2)20-11-22(33-10-9-32(6)18-33)14-23(12-20)35-24-15-26-25(30-16-24)17-31-34(26)27-13-21(7-8-29-27)28(3,4)5;;;;/h5-14,17-19H,1-4H3;2*4-13,16-19H,1-3H3;7-13,16-19H,1-6H3;;;;/q4*-3;;;;. The topological polar surface area (TPSA) is 237 Å². The van der Waals surface area contributed by atoms with Crippen LogP contribution in [0.5, 0.6) is 46.0 Å². The summed E-state index contributed by atoms with van der Waals surface area (Å²) in [5.41, 5.74) is 21.8. The fourth-order valence-corrected chi connectivity index (χ4v) is 16.5. The van der Waals surface area contributed by atoms with E-state index in [0.29, 0.717) is 97.2 Å². The first-order valence-electron chi connectivity index (χ1n) is 46.4. The van der Waals surface area contributed by atoms with Gasteiger partial charge in [-0.05, 0) is 245 Å². The van der Waals surface area contributed by atoms with Crippen LogP contribution in [0.1, 0.15) is 129 Å². The van der Waals surface area contributed by atoms with Gasteiger partial charge in [0.2, 0.25) is 0 Å². The molecule has 32 heteroatoms. The zero-order valence-corrected chi connectivity index (χ0v) is 91.2. The van der Waals surface area contributed by atoms with Gasteiger partial charge in [-0.3, -0.25) is 0 Å². The molecule has 0 fully saturated rings. The number of ether oxygens (including phenoxy) is 4. The van der Waals surface area contributed by atoms with Gasteiger partial charge in [0, 0.05) is 214 Å². The molecule has 4 aliphatic heterocycles. The summed E-state index contributed by atoms with van der Waals surface area (Å²) in [5, 5.41) is 18.0. The summed E-state index contributed by atoms with van der Waals surface area (Å²) in [6.45, 7) is 34.1. The van der Waals surface area contributed by atoms with Crippen molar-refractivity contribution in [2.75, 3.05) is 62.5 Å². The Balaban J connectivity index is 0.000000137. The van der Waals surface area contributed by atoms with E-state index in [0.717, 1.165) is 96.4 Å². The molecule has 145 heavy (non-hydrogen) atoms. The molecule has 0 radical (unpaired) electrons. The van der Waals surface area contributed by atoms with Gasteiger partial charge in [0.05, 0.1) is 0 Å². The van der Waals surface area contributed by atoms with Crippen molar-refractivity contribution < 1.29 is 103 Å². The van der Waals surface area contributed by atoms with Crippen LogP contribution >= 0.6 is 0 Å². The molecule has 0 bridgehead atoms. The van der Waals surface area contributed by atoms with Crippen molar-refractivity contribution in [1.29, 1.82) is 0 Å². The Labute approximate surface area is 901 Å². The molecule has 0 saturated heterocycles. The second-order valence-corrected chi connectivity index (χ2v) is 37.3. The molecule has 0 atom stereocenters. The van der Waals surface area contributed by atoms with E-state index < -0.39 is 0 Å². The van der Waals surface area contributed by atoms with E-state index in [-0.39, 0.29) is 95.1 Å². The number of benzene rings is 7. The fourth-order valence-electron chi connectivity index (χ4n) is 16.5. The predicted molar refractivity (Wildman–Crippen MR) is 551 cm³/mol. The third kappa shape index (κ3) is 22.6. The van der Waals surface area contributed by atoms with E-state index in [1.165, 1.54) is 22.3 Å². The third-order valence-corrected chi connectivity index (χ3v) is 24.1. The van der Waals surface area contributed by atoms with E-state index in [1.54, 1.807) is 80.7 Å². The van der Waals surface area contributed by atoms with Crippen molar-refractivity contribution in [2.45, 2.75) is 112 Å². The number of anilines is 10. The molecule has 748 valence electrons.